The third kappa shape index (κ3) is 4.15. The van der Waals surface area contributed by atoms with E-state index < -0.39 is 18.0 Å². The first-order chi connectivity index (χ1) is 12.5. The molecule has 0 fully saturated rings. The predicted molar refractivity (Wildman–Crippen MR) is 98.9 cm³/mol. The molecule has 7 heteroatoms. The Kier molecular flexibility index (Phi) is 5.43. The van der Waals surface area contributed by atoms with Crippen LogP contribution < -0.4 is 5.32 Å². The Hall–Kier alpha value is -2.99. The maximum Gasteiger partial charge on any atom is 0.311 e. The molecule has 1 aromatic carbocycles. The van der Waals surface area contributed by atoms with Crippen molar-refractivity contribution in [3.8, 4) is 0 Å². The maximum atomic E-state index is 12.2. The highest BCUT2D eigenvalue weighted by Crippen LogP contribution is 2.19. The Balaban J connectivity index is 1.64. The first-order valence-electron chi connectivity index (χ1n) is 7.98. The molecule has 3 aromatic rings. The summed E-state index contributed by atoms with van der Waals surface area (Å²) >= 11 is 5.90. The molecular formula is C19H16ClN3O3. The summed E-state index contributed by atoms with van der Waals surface area (Å²) in [4.78, 5) is 32.6. The molecule has 0 aliphatic carbocycles. The molecule has 132 valence electrons. The molecule has 6 nitrogen and oxygen atoms in total. The number of anilines is 1. The Bertz CT molecular complexity index is 956. The normalized spacial score (nSPS) is 11.8. The number of nitrogens with one attached hydrogen (secondary N) is 1. The lowest BCUT2D eigenvalue weighted by molar-refractivity contribution is -0.152. The van der Waals surface area contributed by atoms with Crippen LogP contribution in [-0.2, 0) is 20.7 Å². The number of nitrogens with zero attached hydrogens (tertiary/aromatic N) is 2. The Morgan fingerprint density at radius 1 is 1.12 bits per heavy atom. The van der Waals surface area contributed by atoms with Crippen LogP contribution in [0.3, 0.4) is 0 Å². The van der Waals surface area contributed by atoms with E-state index in [2.05, 4.69) is 15.3 Å². The molecule has 26 heavy (non-hydrogen) atoms. The van der Waals surface area contributed by atoms with E-state index in [9.17, 15) is 9.59 Å². The molecule has 2 heterocycles. The number of carbonyl (C=O) groups excluding carboxylic acids is 2. The zero-order chi connectivity index (χ0) is 18.5. The SMILES string of the molecule is CC(OC(=O)Cc1cccc2cccnc12)C(=O)Nc1cccnc1Cl. The van der Waals surface area contributed by atoms with Crippen molar-refractivity contribution < 1.29 is 14.3 Å². The van der Waals surface area contributed by atoms with Crippen molar-refractivity contribution in [2.75, 3.05) is 5.32 Å². The summed E-state index contributed by atoms with van der Waals surface area (Å²) in [6.45, 7) is 1.50. The minimum absolute atomic E-state index is 0.0274. The Labute approximate surface area is 155 Å². The summed E-state index contributed by atoms with van der Waals surface area (Å²) in [5.74, 6) is -0.993. The van der Waals surface area contributed by atoms with Gasteiger partial charge >= 0.3 is 5.97 Å². The second-order valence-electron chi connectivity index (χ2n) is 5.63. The molecule has 0 aliphatic rings. The number of hydrogen-bond acceptors (Lipinski definition) is 5. The number of pyridine rings is 2. The Morgan fingerprint density at radius 2 is 1.85 bits per heavy atom. The number of halogens is 1. The first kappa shape index (κ1) is 17.8. The van der Waals surface area contributed by atoms with Crippen LogP contribution in [0.1, 0.15) is 12.5 Å². The van der Waals surface area contributed by atoms with Gasteiger partial charge in [0.25, 0.3) is 5.91 Å². The van der Waals surface area contributed by atoms with E-state index in [4.69, 9.17) is 16.3 Å². The van der Waals surface area contributed by atoms with Gasteiger partial charge in [0.1, 0.15) is 0 Å². The van der Waals surface area contributed by atoms with Gasteiger partial charge in [0.05, 0.1) is 17.6 Å². The van der Waals surface area contributed by atoms with Crippen molar-refractivity contribution >= 4 is 40.1 Å². The summed E-state index contributed by atoms with van der Waals surface area (Å²) in [5.41, 5.74) is 1.85. The highest BCUT2D eigenvalue weighted by Gasteiger charge is 2.19. The molecule has 0 saturated carbocycles. The van der Waals surface area contributed by atoms with Gasteiger partial charge in [-0.1, -0.05) is 35.9 Å². The van der Waals surface area contributed by atoms with Crippen molar-refractivity contribution in [1.82, 2.24) is 9.97 Å². The van der Waals surface area contributed by atoms with E-state index in [0.717, 1.165) is 16.5 Å². The number of benzene rings is 1. The third-order valence-electron chi connectivity index (χ3n) is 3.75. The van der Waals surface area contributed by atoms with Crippen LogP contribution in [0.25, 0.3) is 10.9 Å². The maximum absolute atomic E-state index is 12.2. The van der Waals surface area contributed by atoms with Gasteiger partial charge in [0.15, 0.2) is 11.3 Å². The number of aromatic nitrogens is 2. The van der Waals surface area contributed by atoms with E-state index in [0.29, 0.717) is 5.69 Å². The van der Waals surface area contributed by atoms with Crippen molar-refractivity contribution in [3.05, 3.63) is 65.6 Å². The second-order valence-corrected chi connectivity index (χ2v) is 5.99. The smallest absolute Gasteiger partial charge is 0.311 e. The first-order valence-corrected chi connectivity index (χ1v) is 8.36. The molecule has 0 saturated heterocycles. The van der Waals surface area contributed by atoms with Crippen molar-refractivity contribution in [2.45, 2.75) is 19.4 Å². The summed E-state index contributed by atoms with van der Waals surface area (Å²) in [6, 6.07) is 12.6. The van der Waals surface area contributed by atoms with E-state index in [1.807, 2.05) is 30.3 Å². The van der Waals surface area contributed by atoms with E-state index >= 15 is 0 Å². The lowest BCUT2D eigenvalue weighted by Gasteiger charge is -2.14. The quantitative estimate of drug-likeness (QED) is 0.550. The topological polar surface area (TPSA) is 81.2 Å². The van der Waals surface area contributed by atoms with Gasteiger partial charge in [-0.2, -0.15) is 0 Å². The molecule has 1 atom stereocenters. The van der Waals surface area contributed by atoms with Crippen LogP contribution in [0.5, 0.6) is 0 Å². The van der Waals surface area contributed by atoms with Crippen LogP contribution in [-0.4, -0.2) is 27.9 Å². The third-order valence-corrected chi connectivity index (χ3v) is 4.05. The summed E-state index contributed by atoms with van der Waals surface area (Å²) in [5, 5.41) is 3.69. The second kappa shape index (κ2) is 7.93. The predicted octanol–water partition coefficient (Wildman–Crippen LogP) is 3.40. The summed E-state index contributed by atoms with van der Waals surface area (Å²) in [7, 11) is 0. The van der Waals surface area contributed by atoms with Crippen molar-refractivity contribution in [2.24, 2.45) is 0 Å². The molecule has 3 rings (SSSR count). The van der Waals surface area contributed by atoms with Crippen molar-refractivity contribution in [3.63, 3.8) is 0 Å². The average Bonchev–Trinajstić information content (AvgIpc) is 2.64. The molecule has 0 spiro atoms. The monoisotopic (exact) mass is 369 g/mol. The number of fused-ring (bicyclic) bond motifs is 1. The van der Waals surface area contributed by atoms with Gasteiger partial charge in [0, 0.05) is 17.8 Å². The number of para-hydroxylation sites is 1. The fourth-order valence-corrected chi connectivity index (χ4v) is 2.64. The van der Waals surface area contributed by atoms with Crippen LogP contribution in [0.15, 0.2) is 54.9 Å². The minimum Gasteiger partial charge on any atom is -0.452 e. The van der Waals surface area contributed by atoms with Crippen LogP contribution >= 0.6 is 11.6 Å². The van der Waals surface area contributed by atoms with Gasteiger partial charge in [-0.3, -0.25) is 14.6 Å². The highest BCUT2D eigenvalue weighted by atomic mass is 35.5. The van der Waals surface area contributed by atoms with Gasteiger partial charge in [-0.05, 0) is 30.7 Å². The molecule has 1 unspecified atom stereocenters. The number of hydrogen-bond donors (Lipinski definition) is 1. The van der Waals surface area contributed by atoms with Gasteiger partial charge in [-0.25, -0.2) is 4.98 Å². The van der Waals surface area contributed by atoms with E-state index in [1.165, 1.54) is 13.1 Å². The molecule has 0 radical (unpaired) electrons. The van der Waals surface area contributed by atoms with Crippen LogP contribution in [0.4, 0.5) is 5.69 Å². The molecule has 1 N–H and O–H groups in total. The average molecular weight is 370 g/mol. The fraction of sp³-hybridized carbons (Fsp3) is 0.158. The van der Waals surface area contributed by atoms with E-state index in [1.54, 1.807) is 18.3 Å². The standard InChI is InChI=1S/C19H16ClN3O3/c1-12(19(25)23-15-8-4-10-22-18(15)20)26-16(24)11-14-6-2-5-13-7-3-9-21-17(13)14/h2-10,12H,11H2,1H3,(H,23,25). The molecule has 0 aliphatic heterocycles. The number of carbonyl (C=O) groups is 2. The molecule has 0 bridgehead atoms. The molecular weight excluding hydrogens is 354 g/mol. The highest BCUT2D eigenvalue weighted by molar-refractivity contribution is 6.32. The number of ether oxygens (including phenoxy) is 1. The number of esters is 1. The van der Waals surface area contributed by atoms with E-state index in [-0.39, 0.29) is 11.6 Å². The fourth-order valence-electron chi connectivity index (χ4n) is 2.47. The number of amides is 1. The van der Waals surface area contributed by atoms with Gasteiger partial charge in [0.2, 0.25) is 0 Å². The minimum atomic E-state index is -0.971. The molecule has 2 aromatic heterocycles. The number of rotatable bonds is 5. The zero-order valence-corrected chi connectivity index (χ0v) is 14.7. The Morgan fingerprint density at radius 3 is 2.65 bits per heavy atom. The molecule has 1 amide bonds. The summed E-state index contributed by atoms with van der Waals surface area (Å²) in [6.07, 6.45) is 2.24. The van der Waals surface area contributed by atoms with Gasteiger partial charge < -0.3 is 10.1 Å². The van der Waals surface area contributed by atoms with Gasteiger partial charge in [-0.15, -0.1) is 0 Å². The van der Waals surface area contributed by atoms with Crippen LogP contribution in [0.2, 0.25) is 5.15 Å². The largest absolute Gasteiger partial charge is 0.452 e. The summed E-state index contributed by atoms with van der Waals surface area (Å²) < 4.78 is 5.23. The lowest BCUT2D eigenvalue weighted by Crippen LogP contribution is -2.30. The van der Waals surface area contributed by atoms with Crippen molar-refractivity contribution in [1.29, 1.82) is 0 Å². The van der Waals surface area contributed by atoms with Crippen LogP contribution in [0, 0.1) is 0 Å². The lowest BCUT2D eigenvalue weighted by atomic mass is 10.1. The zero-order valence-electron chi connectivity index (χ0n) is 14.0.